The third kappa shape index (κ3) is 3.19. The van der Waals surface area contributed by atoms with Crippen molar-refractivity contribution in [1.29, 1.82) is 0 Å². The van der Waals surface area contributed by atoms with E-state index in [0.717, 1.165) is 11.1 Å². The molecule has 1 atom stereocenters. The fraction of sp³-hybridized carbons (Fsp3) is 0.235. The molecule has 0 spiro atoms. The fourth-order valence-corrected chi connectivity index (χ4v) is 2.53. The van der Waals surface area contributed by atoms with Crippen LogP contribution in [0.25, 0.3) is 0 Å². The first-order chi connectivity index (χ1) is 9.98. The molecule has 0 aliphatic heterocycles. The number of nitrogens with one attached hydrogen (secondary N) is 1. The Morgan fingerprint density at radius 1 is 1.24 bits per heavy atom. The van der Waals surface area contributed by atoms with Gasteiger partial charge in [0.2, 0.25) is 0 Å². The molecule has 0 saturated heterocycles. The predicted octanol–water partition coefficient (Wildman–Crippen LogP) is 4.45. The number of aryl methyl sites for hydroxylation is 1. The van der Waals surface area contributed by atoms with Crippen LogP contribution in [0.3, 0.4) is 0 Å². The van der Waals surface area contributed by atoms with Gasteiger partial charge < -0.3 is 10.4 Å². The van der Waals surface area contributed by atoms with Crippen molar-refractivity contribution in [2.45, 2.75) is 25.8 Å². The molecule has 0 heterocycles. The summed E-state index contributed by atoms with van der Waals surface area (Å²) >= 11 is 5.98. The Morgan fingerprint density at radius 3 is 2.43 bits per heavy atom. The highest BCUT2D eigenvalue weighted by Gasteiger charge is 2.38. The summed E-state index contributed by atoms with van der Waals surface area (Å²) in [6, 6.07) is 14.6. The summed E-state index contributed by atoms with van der Waals surface area (Å²) in [7, 11) is 0. The van der Waals surface area contributed by atoms with E-state index >= 15 is 0 Å². The van der Waals surface area contributed by atoms with E-state index in [1.54, 1.807) is 18.2 Å². The molecule has 21 heavy (non-hydrogen) atoms. The molecule has 3 nitrogen and oxygen atoms in total. The summed E-state index contributed by atoms with van der Waals surface area (Å²) in [4.78, 5) is 11.9. The molecule has 0 amide bonds. The molecule has 110 valence electrons. The van der Waals surface area contributed by atoms with Gasteiger partial charge in [0.25, 0.3) is 0 Å². The molecule has 1 unspecified atom stereocenters. The van der Waals surface area contributed by atoms with Crippen LogP contribution in [-0.2, 0) is 10.3 Å². The van der Waals surface area contributed by atoms with Gasteiger partial charge in [-0.25, -0.2) is 4.79 Å². The monoisotopic (exact) mass is 303 g/mol. The highest BCUT2D eigenvalue weighted by atomic mass is 35.5. The maximum atomic E-state index is 11.9. The minimum atomic E-state index is -1.17. The second-order valence-electron chi connectivity index (χ2n) is 5.07. The van der Waals surface area contributed by atoms with Gasteiger partial charge in [-0.05, 0) is 37.1 Å². The first kappa shape index (κ1) is 15.4. The Morgan fingerprint density at radius 2 is 1.90 bits per heavy atom. The lowest BCUT2D eigenvalue weighted by Gasteiger charge is -2.31. The molecule has 2 rings (SSSR count). The maximum Gasteiger partial charge on any atom is 0.334 e. The second kappa shape index (κ2) is 6.19. The van der Waals surface area contributed by atoms with Crippen LogP contribution in [0.2, 0.25) is 5.02 Å². The lowest BCUT2D eigenvalue weighted by molar-refractivity contribution is -0.142. The van der Waals surface area contributed by atoms with E-state index in [2.05, 4.69) is 5.32 Å². The maximum absolute atomic E-state index is 11.9. The number of anilines is 1. The molecule has 0 saturated carbocycles. The minimum Gasteiger partial charge on any atom is -0.479 e. The van der Waals surface area contributed by atoms with Gasteiger partial charge in [-0.2, -0.15) is 0 Å². The Labute approximate surface area is 129 Å². The van der Waals surface area contributed by atoms with E-state index in [9.17, 15) is 9.90 Å². The van der Waals surface area contributed by atoms with Gasteiger partial charge in [0, 0.05) is 10.7 Å². The Bertz CT molecular complexity index is 639. The number of hydrogen-bond donors (Lipinski definition) is 2. The van der Waals surface area contributed by atoms with Gasteiger partial charge in [0.15, 0.2) is 5.54 Å². The van der Waals surface area contributed by atoms with Crippen molar-refractivity contribution in [2.24, 2.45) is 0 Å². The first-order valence-corrected chi connectivity index (χ1v) is 7.20. The Kier molecular flexibility index (Phi) is 4.53. The van der Waals surface area contributed by atoms with Gasteiger partial charge in [0.05, 0.1) is 0 Å². The number of carboxylic acid groups (broad SMARTS) is 1. The molecule has 2 aromatic carbocycles. The van der Waals surface area contributed by atoms with Crippen molar-refractivity contribution >= 4 is 23.3 Å². The Balaban J connectivity index is 2.46. The molecule has 0 radical (unpaired) electrons. The smallest absolute Gasteiger partial charge is 0.334 e. The molecule has 0 aromatic heterocycles. The summed E-state index contributed by atoms with van der Waals surface area (Å²) < 4.78 is 0. The zero-order chi connectivity index (χ0) is 15.5. The quantitative estimate of drug-likeness (QED) is 0.858. The lowest BCUT2D eigenvalue weighted by Crippen LogP contribution is -2.43. The van der Waals surface area contributed by atoms with Crippen LogP contribution in [0, 0.1) is 6.92 Å². The third-order valence-corrected chi connectivity index (χ3v) is 3.86. The largest absolute Gasteiger partial charge is 0.479 e. The number of carbonyl (C=O) groups is 1. The van der Waals surface area contributed by atoms with Crippen LogP contribution in [0.1, 0.15) is 24.5 Å². The van der Waals surface area contributed by atoms with Crippen LogP contribution >= 0.6 is 11.6 Å². The number of halogens is 1. The van der Waals surface area contributed by atoms with Crippen LogP contribution < -0.4 is 5.32 Å². The van der Waals surface area contributed by atoms with Crippen molar-refractivity contribution in [3.05, 3.63) is 64.7 Å². The van der Waals surface area contributed by atoms with Gasteiger partial charge in [-0.3, -0.25) is 0 Å². The van der Waals surface area contributed by atoms with Crippen molar-refractivity contribution in [2.75, 3.05) is 5.32 Å². The number of hydrogen-bond acceptors (Lipinski definition) is 2. The number of aliphatic carboxylic acids is 1. The van der Waals surface area contributed by atoms with Crippen molar-refractivity contribution in [3.8, 4) is 0 Å². The lowest BCUT2D eigenvalue weighted by atomic mass is 9.86. The van der Waals surface area contributed by atoms with Crippen LogP contribution in [0.5, 0.6) is 0 Å². The number of benzene rings is 2. The minimum absolute atomic E-state index is 0.415. The fourth-order valence-electron chi connectivity index (χ4n) is 2.34. The zero-order valence-corrected chi connectivity index (χ0v) is 12.8. The van der Waals surface area contributed by atoms with Gasteiger partial charge in [-0.1, -0.05) is 54.4 Å². The molecule has 2 N–H and O–H groups in total. The summed E-state index contributed by atoms with van der Waals surface area (Å²) in [6.07, 6.45) is 0.415. The van der Waals surface area contributed by atoms with Crippen molar-refractivity contribution in [1.82, 2.24) is 0 Å². The molecule has 0 bridgehead atoms. The first-order valence-electron chi connectivity index (χ1n) is 6.82. The average Bonchev–Trinajstić information content (AvgIpc) is 2.45. The topological polar surface area (TPSA) is 49.3 Å². The van der Waals surface area contributed by atoms with Crippen LogP contribution in [-0.4, -0.2) is 11.1 Å². The zero-order valence-electron chi connectivity index (χ0n) is 12.1. The molecular weight excluding hydrogens is 286 g/mol. The van der Waals surface area contributed by atoms with E-state index in [1.807, 2.05) is 44.2 Å². The SMILES string of the molecule is CCC(Nc1cccc(Cl)c1)(C(=O)O)c1ccc(C)cc1. The normalized spacial score (nSPS) is 13.5. The van der Waals surface area contributed by atoms with E-state index in [1.165, 1.54) is 0 Å². The molecule has 0 aliphatic rings. The predicted molar refractivity (Wildman–Crippen MR) is 85.9 cm³/mol. The van der Waals surface area contributed by atoms with E-state index < -0.39 is 11.5 Å². The number of rotatable bonds is 5. The Hall–Kier alpha value is -2.00. The van der Waals surface area contributed by atoms with Crippen LogP contribution in [0.15, 0.2) is 48.5 Å². The van der Waals surface area contributed by atoms with E-state index in [4.69, 9.17) is 11.6 Å². The summed E-state index contributed by atoms with van der Waals surface area (Å²) in [5, 5.41) is 13.5. The average molecular weight is 304 g/mol. The summed E-state index contributed by atoms with van der Waals surface area (Å²) in [5.74, 6) is -0.908. The molecule has 2 aromatic rings. The highest BCUT2D eigenvalue weighted by Crippen LogP contribution is 2.31. The molecule has 0 aliphatic carbocycles. The number of carboxylic acids is 1. The molecular formula is C17H18ClNO2. The van der Waals surface area contributed by atoms with Crippen molar-refractivity contribution in [3.63, 3.8) is 0 Å². The van der Waals surface area contributed by atoms with Crippen LogP contribution in [0.4, 0.5) is 5.69 Å². The second-order valence-corrected chi connectivity index (χ2v) is 5.50. The third-order valence-electron chi connectivity index (χ3n) is 3.62. The summed E-state index contributed by atoms with van der Waals surface area (Å²) in [5.41, 5.74) is 1.34. The highest BCUT2D eigenvalue weighted by molar-refractivity contribution is 6.30. The standard InChI is InChI=1S/C17H18ClNO2/c1-3-17(16(20)21,13-9-7-12(2)8-10-13)19-15-6-4-5-14(18)11-15/h4-11,19H,3H2,1-2H3,(H,20,21). The van der Waals surface area contributed by atoms with Gasteiger partial charge in [0.1, 0.15) is 0 Å². The van der Waals surface area contributed by atoms with Gasteiger partial charge >= 0.3 is 5.97 Å². The van der Waals surface area contributed by atoms with Gasteiger partial charge in [-0.15, -0.1) is 0 Å². The molecule has 4 heteroatoms. The molecule has 0 fully saturated rings. The van der Waals surface area contributed by atoms with E-state index in [0.29, 0.717) is 17.1 Å². The van der Waals surface area contributed by atoms with Crippen molar-refractivity contribution < 1.29 is 9.90 Å². The van der Waals surface area contributed by atoms with E-state index in [-0.39, 0.29) is 0 Å². The summed E-state index contributed by atoms with van der Waals surface area (Å²) in [6.45, 7) is 3.83.